The van der Waals surface area contributed by atoms with Crippen LogP contribution in [0.25, 0.3) is 0 Å². The normalized spacial score (nSPS) is 15.7. The van der Waals surface area contributed by atoms with E-state index in [2.05, 4.69) is 21.4 Å². The Morgan fingerprint density at radius 2 is 2.04 bits per heavy atom. The quantitative estimate of drug-likeness (QED) is 0.828. The highest BCUT2D eigenvalue weighted by Crippen LogP contribution is 2.27. The Hall–Kier alpha value is -3.61. The Kier molecular flexibility index (Phi) is 4.82. The van der Waals surface area contributed by atoms with Crippen LogP contribution in [-0.4, -0.2) is 9.97 Å². The van der Waals surface area contributed by atoms with Gasteiger partial charge in [-0.15, -0.1) is 0 Å². The molecule has 0 radical (unpaired) electrons. The molecule has 2 aromatic rings. The molecule has 0 unspecified atom stereocenters. The molecular weight excluding hydrogens is 349 g/mol. The zero-order valence-corrected chi connectivity index (χ0v) is 14.3. The van der Waals surface area contributed by atoms with Gasteiger partial charge in [-0.25, -0.2) is 14.4 Å². The first-order valence-corrected chi connectivity index (χ1v) is 8.38. The number of hydrogen-bond donors (Lipinski definition) is 1. The van der Waals surface area contributed by atoms with E-state index in [4.69, 9.17) is 14.2 Å². The monoisotopic (exact) mass is 365 g/mol. The lowest BCUT2D eigenvalue weighted by atomic mass is 10.0. The number of hydrogen-bond acceptors (Lipinski definition) is 6. The summed E-state index contributed by atoms with van der Waals surface area (Å²) in [5.74, 6) is 1.17. The fraction of sp³-hybridized carbons (Fsp3) is 0.100. The summed E-state index contributed by atoms with van der Waals surface area (Å²) >= 11 is 0. The third kappa shape index (κ3) is 4.33. The number of nitrogens with one attached hydrogen (secondary N) is 1. The SMILES string of the molecule is Fc1cccc(Nc2ncc(OC3=COC=C(C4=CC=CCC4)O3)cn2)c1. The number of ether oxygens (including phenoxy) is 3. The molecule has 1 aliphatic carbocycles. The average Bonchev–Trinajstić information content (AvgIpc) is 2.70. The van der Waals surface area contributed by atoms with E-state index in [1.807, 2.05) is 12.2 Å². The Balaban J connectivity index is 1.38. The summed E-state index contributed by atoms with van der Waals surface area (Å²) in [6.07, 6.45) is 13.8. The number of rotatable bonds is 5. The second-order valence-electron chi connectivity index (χ2n) is 5.80. The molecule has 0 fully saturated rings. The van der Waals surface area contributed by atoms with Crippen molar-refractivity contribution < 1.29 is 18.6 Å². The molecule has 0 spiro atoms. The Labute approximate surface area is 155 Å². The number of anilines is 2. The summed E-state index contributed by atoms with van der Waals surface area (Å²) in [4.78, 5) is 8.30. The van der Waals surface area contributed by atoms with Gasteiger partial charge in [0.15, 0.2) is 17.8 Å². The molecule has 27 heavy (non-hydrogen) atoms. The van der Waals surface area contributed by atoms with Crippen molar-refractivity contribution >= 4 is 11.6 Å². The summed E-state index contributed by atoms with van der Waals surface area (Å²) in [6.45, 7) is 0. The molecule has 4 rings (SSSR count). The van der Waals surface area contributed by atoms with E-state index in [1.165, 1.54) is 30.8 Å². The van der Waals surface area contributed by atoms with Crippen molar-refractivity contribution in [2.45, 2.75) is 12.8 Å². The summed E-state index contributed by atoms with van der Waals surface area (Å²) in [7, 11) is 0. The molecule has 1 aromatic heterocycles. The minimum Gasteiger partial charge on any atom is -0.461 e. The Morgan fingerprint density at radius 3 is 2.81 bits per heavy atom. The van der Waals surface area contributed by atoms with Gasteiger partial charge in [-0.2, -0.15) is 0 Å². The number of allylic oxidation sites excluding steroid dienone is 4. The van der Waals surface area contributed by atoms with E-state index < -0.39 is 0 Å². The summed E-state index contributed by atoms with van der Waals surface area (Å²) in [5.41, 5.74) is 1.59. The number of halogens is 1. The van der Waals surface area contributed by atoms with Crippen molar-refractivity contribution in [1.29, 1.82) is 0 Å². The maximum absolute atomic E-state index is 13.2. The summed E-state index contributed by atoms with van der Waals surface area (Å²) in [6, 6.07) is 6.04. The number of benzene rings is 1. The molecule has 136 valence electrons. The van der Waals surface area contributed by atoms with Gasteiger partial charge in [-0.05, 0) is 36.6 Å². The molecule has 7 heteroatoms. The van der Waals surface area contributed by atoms with Crippen molar-refractivity contribution in [3.05, 3.63) is 90.5 Å². The van der Waals surface area contributed by atoms with E-state index >= 15 is 0 Å². The molecule has 2 heterocycles. The van der Waals surface area contributed by atoms with Crippen LogP contribution in [0, 0.1) is 5.82 Å². The van der Waals surface area contributed by atoms with Crippen molar-refractivity contribution in [2.24, 2.45) is 0 Å². The van der Waals surface area contributed by atoms with Crippen molar-refractivity contribution in [3.63, 3.8) is 0 Å². The lowest BCUT2D eigenvalue weighted by Gasteiger charge is -2.19. The van der Waals surface area contributed by atoms with E-state index in [1.54, 1.807) is 18.4 Å². The van der Waals surface area contributed by atoms with Gasteiger partial charge in [-0.3, -0.25) is 0 Å². The lowest BCUT2D eigenvalue weighted by molar-refractivity contribution is 0.121. The molecule has 6 nitrogen and oxygen atoms in total. The topological polar surface area (TPSA) is 65.5 Å². The average molecular weight is 365 g/mol. The molecule has 1 aliphatic heterocycles. The van der Waals surface area contributed by atoms with Crippen LogP contribution in [0.15, 0.2) is 84.7 Å². The molecule has 1 N–H and O–H groups in total. The highest BCUT2D eigenvalue weighted by molar-refractivity contribution is 5.52. The first-order chi connectivity index (χ1) is 13.3. The van der Waals surface area contributed by atoms with Crippen molar-refractivity contribution in [2.75, 3.05) is 5.32 Å². The third-order valence-corrected chi connectivity index (χ3v) is 3.81. The van der Waals surface area contributed by atoms with Gasteiger partial charge >= 0.3 is 5.95 Å². The fourth-order valence-corrected chi connectivity index (χ4v) is 2.55. The summed E-state index contributed by atoms with van der Waals surface area (Å²) < 4.78 is 29.9. The lowest BCUT2D eigenvalue weighted by Crippen LogP contribution is -2.08. The smallest absolute Gasteiger partial charge is 0.327 e. The first kappa shape index (κ1) is 16.8. The number of nitrogens with zero attached hydrogens (tertiary/aromatic N) is 2. The van der Waals surface area contributed by atoms with Crippen LogP contribution in [0.2, 0.25) is 0 Å². The van der Waals surface area contributed by atoms with E-state index in [9.17, 15) is 4.39 Å². The molecule has 0 saturated carbocycles. The standard InChI is InChI=1S/C20H16FN3O3/c21-15-7-4-8-16(9-15)24-20-22-10-17(11-23-20)26-19-13-25-12-18(27-19)14-5-2-1-3-6-14/h1-2,4-5,7-13H,3,6H2,(H,22,23,24). The van der Waals surface area contributed by atoms with Crippen LogP contribution in [0.4, 0.5) is 16.0 Å². The molecule has 0 atom stereocenters. The molecule has 2 aliphatic rings. The van der Waals surface area contributed by atoms with Crippen LogP contribution in [0.3, 0.4) is 0 Å². The fourth-order valence-electron chi connectivity index (χ4n) is 2.55. The second kappa shape index (κ2) is 7.74. The molecule has 0 saturated heterocycles. The van der Waals surface area contributed by atoms with Crippen LogP contribution >= 0.6 is 0 Å². The van der Waals surface area contributed by atoms with Gasteiger partial charge in [0.05, 0.1) is 12.4 Å². The van der Waals surface area contributed by atoms with Crippen LogP contribution < -0.4 is 10.1 Å². The predicted octanol–water partition coefficient (Wildman–Crippen LogP) is 4.70. The highest BCUT2D eigenvalue weighted by Gasteiger charge is 2.17. The molecule has 0 bridgehead atoms. The van der Waals surface area contributed by atoms with Gasteiger partial charge in [-0.1, -0.05) is 24.3 Å². The van der Waals surface area contributed by atoms with Gasteiger partial charge in [0.1, 0.15) is 12.1 Å². The number of aromatic nitrogens is 2. The van der Waals surface area contributed by atoms with Crippen LogP contribution in [0.5, 0.6) is 5.75 Å². The van der Waals surface area contributed by atoms with Crippen molar-refractivity contribution in [1.82, 2.24) is 9.97 Å². The minimum absolute atomic E-state index is 0.192. The maximum Gasteiger partial charge on any atom is 0.327 e. The Morgan fingerprint density at radius 1 is 1.15 bits per heavy atom. The molecular formula is C20H16FN3O3. The first-order valence-electron chi connectivity index (χ1n) is 8.38. The van der Waals surface area contributed by atoms with E-state index in [0.29, 0.717) is 23.1 Å². The van der Waals surface area contributed by atoms with E-state index in [-0.39, 0.29) is 11.8 Å². The third-order valence-electron chi connectivity index (χ3n) is 3.81. The Bertz CT molecular complexity index is 949. The largest absolute Gasteiger partial charge is 0.461 e. The molecule has 1 aromatic carbocycles. The highest BCUT2D eigenvalue weighted by atomic mass is 19.1. The molecule has 0 amide bonds. The van der Waals surface area contributed by atoms with Gasteiger partial charge < -0.3 is 19.5 Å². The van der Waals surface area contributed by atoms with Crippen LogP contribution in [0.1, 0.15) is 12.8 Å². The second-order valence-corrected chi connectivity index (χ2v) is 5.80. The zero-order valence-electron chi connectivity index (χ0n) is 14.3. The van der Waals surface area contributed by atoms with Gasteiger partial charge in [0.2, 0.25) is 5.95 Å². The van der Waals surface area contributed by atoms with Crippen molar-refractivity contribution in [3.8, 4) is 5.75 Å². The van der Waals surface area contributed by atoms with Gasteiger partial charge in [0.25, 0.3) is 0 Å². The summed E-state index contributed by atoms with van der Waals surface area (Å²) in [5, 5.41) is 2.91. The zero-order chi connectivity index (χ0) is 18.5. The van der Waals surface area contributed by atoms with Gasteiger partial charge in [0, 0.05) is 5.69 Å². The maximum atomic E-state index is 13.2. The predicted molar refractivity (Wildman–Crippen MR) is 97.1 cm³/mol. The van der Waals surface area contributed by atoms with E-state index in [0.717, 1.165) is 18.4 Å². The van der Waals surface area contributed by atoms with Crippen LogP contribution in [-0.2, 0) is 9.47 Å². The minimum atomic E-state index is -0.339.